The van der Waals surface area contributed by atoms with Gasteiger partial charge in [-0.3, -0.25) is 14.4 Å². The van der Waals surface area contributed by atoms with Crippen LogP contribution in [-0.2, 0) is 14.4 Å². The fourth-order valence-electron chi connectivity index (χ4n) is 2.56. The van der Waals surface area contributed by atoms with Crippen molar-refractivity contribution in [3.8, 4) is 0 Å². The molecule has 0 bridgehead atoms. The molecule has 0 saturated carbocycles. The normalized spacial score (nSPS) is 10.9. The van der Waals surface area contributed by atoms with Gasteiger partial charge in [0.05, 0.1) is 13.1 Å². The Morgan fingerprint density at radius 3 is 2.29 bits per heavy atom. The SMILES string of the molecule is Cc1ccc(NC(=O)C(C)(C)C)cc1NCC(=O)NCC(=O)Nc1cccc(Cl)c1C. The molecule has 0 aliphatic rings. The van der Waals surface area contributed by atoms with Gasteiger partial charge in [0.25, 0.3) is 0 Å². The van der Waals surface area contributed by atoms with Crippen molar-refractivity contribution >= 4 is 46.4 Å². The van der Waals surface area contributed by atoms with Gasteiger partial charge in [-0.2, -0.15) is 0 Å². The third-order valence-electron chi connectivity index (χ3n) is 4.60. The maximum absolute atomic E-state index is 12.2. The summed E-state index contributed by atoms with van der Waals surface area (Å²) in [6.07, 6.45) is 0. The lowest BCUT2D eigenvalue weighted by molar-refractivity contribution is -0.123. The Labute approximate surface area is 187 Å². The first kappa shape index (κ1) is 24.2. The molecule has 2 rings (SSSR count). The Bertz CT molecular complexity index is 983. The second kappa shape index (κ2) is 10.3. The minimum absolute atomic E-state index is 0.0129. The lowest BCUT2D eigenvalue weighted by atomic mass is 9.95. The predicted molar refractivity (Wildman–Crippen MR) is 126 cm³/mol. The molecule has 31 heavy (non-hydrogen) atoms. The molecule has 0 radical (unpaired) electrons. The average molecular weight is 445 g/mol. The van der Waals surface area contributed by atoms with Gasteiger partial charge in [-0.15, -0.1) is 0 Å². The topological polar surface area (TPSA) is 99.3 Å². The van der Waals surface area contributed by atoms with Crippen molar-refractivity contribution < 1.29 is 14.4 Å². The summed E-state index contributed by atoms with van der Waals surface area (Å²) >= 11 is 6.05. The Morgan fingerprint density at radius 1 is 0.903 bits per heavy atom. The van der Waals surface area contributed by atoms with Crippen LogP contribution in [-0.4, -0.2) is 30.8 Å². The largest absolute Gasteiger partial charge is 0.376 e. The van der Waals surface area contributed by atoms with Gasteiger partial charge >= 0.3 is 0 Å². The van der Waals surface area contributed by atoms with Crippen LogP contribution in [0.1, 0.15) is 31.9 Å². The summed E-state index contributed by atoms with van der Waals surface area (Å²) < 4.78 is 0. The number of carbonyl (C=O) groups excluding carboxylic acids is 3. The highest BCUT2D eigenvalue weighted by Gasteiger charge is 2.21. The lowest BCUT2D eigenvalue weighted by Crippen LogP contribution is -2.36. The molecule has 2 aromatic carbocycles. The van der Waals surface area contributed by atoms with Gasteiger partial charge in [0, 0.05) is 27.5 Å². The quantitative estimate of drug-likeness (QED) is 0.516. The molecule has 2 aromatic rings. The van der Waals surface area contributed by atoms with Crippen LogP contribution < -0.4 is 21.3 Å². The molecule has 0 saturated heterocycles. The Balaban J connectivity index is 1.86. The van der Waals surface area contributed by atoms with Crippen LogP contribution in [0.4, 0.5) is 17.1 Å². The summed E-state index contributed by atoms with van der Waals surface area (Å²) in [5, 5.41) is 11.8. The summed E-state index contributed by atoms with van der Waals surface area (Å²) in [7, 11) is 0. The number of benzene rings is 2. The van der Waals surface area contributed by atoms with Crippen molar-refractivity contribution in [1.82, 2.24) is 5.32 Å². The van der Waals surface area contributed by atoms with Crippen LogP contribution in [0.2, 0.25) is 5.02 Å². The van der Waals surface area contributed by atoms with E-state index < -0.39 is 5.41 Å². The number of aryl methyl sites for hydroxylation is 1. The number of carbonyl (C=O) groups is 3. The highest BCUT2D eigenvalue weighted by Crippen LogP contribution is 2.23. The second-order valence-electron chi connectivity index (χ2n) is 8.32. The fourth-order valence-corrected chi connectivity index (χ4v) is 2.74. The first-order valence-electron chi connectivity index (χ1n) is 9.95. The number of hydrogen-bond donors (Lipinski definition) is 4. The Morgan fingerprint density at radius 2 is 1.61 bits per heavy atom. The second-order valence-corrected chi connectivity index (χ2v) is 8.73. The van der Waals surface area contributed by atoms with Crippen LogP contribution in [0, 0.1) is 19.3 Å². The number of nitrogens with one attached hydrogen (secondary N) is 4. The molecule has 0 unspecified atom stereocenters. The summed E-state index contributed by atoms with van der Waals surface area (Å²) in [6, 6.07) is 10.7. The maximum Gasteiger partial charge on any atom is 0.243 e. The van der Waals surface area contributed by atoms with E-state index in [4.69, 9.17) is 11.6 Å². The van der Waals surface area contributed by atoms with E-state index in [1.165, 1.54) is 0 Å². The molecule has 4 N–H and O–H groups in total. The van der Waals surface area contributed by atoms with Gasteiger partial charge < -0.3 is 21.3 Å². The molecule has 0 aliphatic heterocycles. The van der Waals surface area contributed by atoms with Crippen molar-refractivity contribution in [2.75, 3.05) is 29.0 Å². The standard InChI is InChI=1S/C23H29ClN4O3/c1-14-9-10-16(27-22(31)23(3,4)5)11-19(14)25-12-20(29)26-13-21(30)28-18-8-6-7-17(24)15(18)2/h6-11,25H,12-13H2,1-5H3,(H,26,29)(H,27,31)(H,28,30). The van der Waals surface area contributed by atoms with Gasteiger partial charge in [0.1, 0.15) is 0 Å². The van der Waals surface area contributed by atoms with Gasteiger partial charge in [0.2, 0.25) is 17.7 Å². The molecule has 7 nitrogen and oxygen atoms in total. The van der Waals surface area contributed by atoms with Crippen molar-refractivity contribution in [3.63, 3.8) is 0 Å². The van der Waals surface area contributed by atoms with Gasteiger partial charge in [-0.25, -0.2) is 0 Å². The monoisotopic (exact) mass is 444 g/mol. The van der Waals surface area contributed by atoms with Crippen molar-refractivity contribution in [1.29, 1.82) is 0 Å². The molecule has 0 heterocycles. The smallest absolute Gasteiger partial charge is 0.243 e. The van der Waals surface area contributed by atoms with Crippen LogP contribution in [0.3, 0.4) is 0 Å². The first-order chi connectivity index (χ1) is 14.5. The molecule has 0 aromatic heterocycles. The predicted octanol–water partition coefficient (Wildman–Crippen LogP) is 4.11. The van der Waals surface area contributed by atoms with Crippen LogP contribution in [0.5, 0.6) is 0 Å². The van der Waals surface area contributed by atoms with Crippen molar-refractivity contribution in [2.45, 2.75) is 34.6 Å². The summed E-state index contributed by atoms with van der Waals surface area (Å²) in [5.74, 6) is -0.774. The number of anilines is 3. The number of rotatable bonds is 7. The van der Waals surface area contributed by atoms with E-state index in [0.717, 1.165) is 16.8 Å². The van der Waals surface area contributed by atoms with E-state index in [0.29, 0.717) is 16.4 Å². The fraction of sp³-hybridized carbons (Fsp3) is 0.348. The molecular formula is C23H29ClN4O3. The summed E-state index contributed by atoms with van der Waals surface area (Å²) in [4.78, 5) is 36.4. The highest BCUT2D eigenvalue weighted by atomic mass is 35.5. The summed E-state index contributed by atoms with van der Waals surface area (Å²) in [5.41, 5.74) is 3.15. The average Bonchev–Trinajstić information content (AvgIpc) is 2.69. The number of halogens is 1. The molecule has 0 aliphatic carbocycles. The zero-order chi connectivity index (χ0) is 23.2. The molecule has 3 amide bonds. The van der Waals surface area contributed by atoms with E-state index in [9.17, 15) is 14.4 Å². The lowest BCUT2D eigenvalue weighted by Gasteiger charge is -2.18. The number of amides is 3. The van der Waals surface area contributed by atoms with Gasteiger partial charge in [-0.05, 0) is 49.2 Å². The van der Waals surface area contributed by atoms with Crippen molar-refractivity contribution in [2.24, 2.45) is 5.41 Å². The van der Waals surface area contributed by atoms with Crippen LogP contribution in [0.25, 0.3) is 0 Å². The Kier molecular flexibility index (Phi) is 8.05. The summed E-state index contributed by atoms with van der Waals surface area (Å²) in [6.45, 7) is 9.04. The third kappa shape index (κ3) is 7.29. The molecule has 8 heteroatoms. The van der Waals surface area contributed by atoms with E-state index in [1.54, 1.807) is 31.2 Å². The maximum atomic E-state index is 12.2. The molecular weight excluding hydrogens is 416 g/mol. The number of hydrogen-bond acceptors (Lipinski definition) is 4. The molecule has 0 atom stereocenters. The third-order valence-corrected chi connectivity index (χ3v) is 5.01. The van der Waals surface area contributed by atoms with E-state index in [1.807, 2.05) is 39.8 Å². The van der Waals surface area contributed by atoms with E-state index in [2.05, 4.69) is 21.3 Å². The van der Waals surface area contributed by atoms with Gasteiger partial charge in [-0.1, -0.05) is 44.5 Å². The van der Waals surface area contributed by atoms with E-state index >= 15 is 0 Å². The van der Waals surface area contributed by atoms with E-state index in [-0.39, 0.29) is 30.8 Å². The first-order valence-corrected chi connectivity index (χ1v) is 10.3. The highest BCUT2D eigenvalue weighted by molar-refractivity contribution is 6.31. The van der Waals surface area contributed by atoms with Crippen LogP contribution in [0.15, 0.2) is 36.4 Å². The molecule has 0 fully saturated rings. The van der Waals surface area contributed by atoms with Gasteiger partial charge in [0.15, 0.2) is 0 Å². The van der Waals surface area contributed by atoms with Crippen LogP contribution >= 0.6 is 11.6 Å². The molecule has 0 spiro atoms. The minimum atomic E-state index is -0.511. The molecule has 166 valence electrons. The Hall–Kier alpha value is -3.06. The zero-order valence-corrected chi connectivity index (χ0v) is 19.2. The van der Waals surface area contributed by atoms with Crippen molar-refractivity contribution in [3.05, 3.63) is 52.5 Å². The zero-order valence-electron chi connectivity index (χ0n) is 18.5. The minimum Gasteiger partial charge on any atom is -0.376 e.